The molecule has 0 aromatic carbocycles. The molecule has 1 unspecified atom stereocenters. The van der Waals surface area contributed by atoms with Gasteiger partial charge in [0.1, 0.15) is 0 Å². The molecule has 0 radical (unpaired) electrons. The van der Waals surface area contributed by atoms with Crippen molar-refractivity contribution in [2.45, 2.75) is 33.3 Å². The molecule has 0 heterocycles. The van der Waals surface area contributed by atoms with Crippen LogP contribution in [0.5, 0.6) is 0 Å². The van der Waals surface area contributed by atoms with Crippen molar-refractivity contribution in [1.82, 2.24) is 4.90 Å². The molecule has 1 N–H and O–H groups in total. The molecule has 76 valence electrons. The third-order valence-corrected chi connectivity index (χ3v) is 1.38. The van der Waals surface area contributed by atoms with Crippen molar-refractivity contribution in [3.05, 3.63) is 0 Å². The van der Waals surface area contributed by atoms with Crippen molar-refractivity contribution in [2.24, 2.45) is 5.41 Å². The quantitative estimate of drug-likeness (QED) is 0.668. The summed E-state index contributed by atoms with van der Waals surface area (Å²) in [6.07, 6.45) is 0.236. The maximum Gasteiger partial charge on any atom is 0.0775 e. The van der Waals surface area contributed by atoms with Crippen molar-refractivity contribution in [1.29, 1.82) is 0 Å². The Kier molecular flexibility index (Phi) is 5.05. The summed E-state index contributed by atoms with van der Waals surface area (Å²) in [5.41, 5.74) is 0.0395. The second kappa shape index (κ2) is 5.26. The highest BCUT2D eigenvalue weighted by Crippen LogP contribution is 2.10. The summed E-state index contributed by atoms with van der Waals surface area (Å²) < 4.78 is 0. The Morgan fingerprint density at radius 2 is 1.85 bits per heavy atom. The van der Waals surface area contributed by atoms with E-state index in [1.165, 1.54) is 0 Å². The fourth-order valence-electron chi connectivity index (χ4n) is 0.920. The van der Waals surface area contributed by atoms with Crippen LogP contribution in [0.3, 0.4) is 0 Å². The number of nitrogens with zero attached hydrogens (tertiary/aromatic N) is 1. The summed E-state index contributed by atoms with van der Waals surface area (Å²) in [6, 6.07) is 0. The SMILES string of the molecule is CN(C)CC(O)CC#CC(C)(C)C. The Balaban J connectivity index is 3.80. The van der Waals surface area contributed by atoms with Crippen LogP contribution in [-0.2, 0) is 0 Å². The molecule has 2 heteroatoms. The zero-order chi connectivity index (χ0) is 10.5. The van der Waals surface area contributed by atoms with Crippen molar-refractivity contribution in [3.8, 4) is 11.8 Å². The number of hydrogen-bond acceptors (Lipinski definition) is 2. The Bertz CT molecular complexity index is 192. The standard InChI is InChI=1S/C11H21NO/c1-11(2,3)8-6-7-10(13)9-12(4)5/h10,13H,7,9H2,1-5H3. The van der Waals surface area contributed by atoms with Crippen LogP contribution in [0.25, 0.3) is 0 Å². The Morgan fingerprint density at radius 3 is 2.23 bits per heavy atom. The minimum Gasteiger partial charge on any atom is -0.391 e. The molecule has 0 bridgehead atoms. The van der Waals surface area contributed by atoms with Gasteiger partial charge < -0.3 is 10.0 Å². The lowest BCUT2D eigenvalue weighted by atomic mass is 9.97. The van der Waals surface area contributed by atoms with E-state index in [-0.39, 0.29) is 11.5 Å². The minimum atomic E-state index is -0.329. The van der Waals surface area contributed by atoms with Gasteiger partial charge in [-0.05, 0) is 34.9 Å². The molecule has 0 spiro atoms. The van der Waals surface area contributed by atoms with Gasteiger partial charge in [0.25, 0.3) is 0 Å². The number of hydrogen-bond donors (Lipinski definition) is 1. The fraction of sp³-hybridized carbons (Fsp3) is 0.818. The van der Waals surface area contributed by atoms with Crippen molar-refractivity contribution < 1.29 is 5.11 Å². The molecule has 0 aromatic rings. The van der Waals surface area contributed by atoms with Crippen LogP contribution in [0.1, 0.15) is 27.2 Å². The lowest BCUT2D eigenvalue weighted by Crippen LogP contribution is -2.25. The third kappa shape index (κ3) is 9.39. The van der Waals surface area contributed by atoms with Gasteiger partial charge in [0.05, 0.1) is 6.10 Å². The average Bonchev–Trinajstić information content (AvgIpc) is 1.81. The number of rotatable bonds is 3. The molecule has 0 aromatic heterocycles. The molecular formula is C11H21NO. The first-order chi connectivity index (χ1) is 5.81. The van der Waals surface area contributed by atoms with Crippen LogP contribution < -0.4 is 0 Å². The van der Waals surface area contributed by atoms with Gasteiger partial charge in [0, 0.05) is 18.4 Å². The molecule has 0 saturated carbocycles. The van der Waals surface area contributed by atoms with Crippen molar-refractivity contribution in [2.75, 3.05) is 20.6 Å². The molecule has 13 heavy (non-hydrogen) atoms. The van der Waals surface area contributed by atoms with E-state index in [2.05, 4.69) is 32.6 Å². The Labute approximate surface area is 81.9 Å². The molecule has 0 amide bonds. The third-order valence-electron chi connectivity index (χ3n) is 1.38. The first-order valence-electron chi connectivity index (χ1n) is 4.64. The highest BCUT2D eigenvalue weighted by Gasteiger charge is 2.05. The van der Waals surface area contributed by atoms with Gasteiger partial charge in [0.15, 0.2) is 0 Å². The van der Waals surface area contributed by atoms with Gasteiger partial charge in [-0.15, -0.1) is 5.92 Å². The summed E-state index contributed by atoms with van der Waals surface area (Å²) in [7, 11) is 3.89. The summed E-state index contributed by atoms with van der Waals surface area (Å²) in [6.45, 7) is 6.88. The Morgan fingerprint density at radius 1 is 1.31 bits per heavy atom. The molecule has 0 aliphatic rings. The first kappa shape index (κ1) is 12.5. The molecule has 0 aliphatic heterocycles. The van der Waals surface area contributed by atoms with Gasteiger partial charge in [-0.1, -0.05) is 5.92 Å². The predicted molar refractivity (Wildman–Crippen MR) is 56.4 cm³/mol. The molecule has 2 nitrogen and oxygen atoms in total. The largest absolute Gasteiger partial charge is 0.391 e. The summed E-state index contributed by atoms with van der Waals surface area (Å²) in [5.74, 6) is 6.10. The maximum absolute atomic E-state index is 9.47. The van der Waals surface area contributed by atoms with E-state index in [4.69, 9.17) is 0 Å². The lowest BCUT2D eigenvalue weighted by Gasteiger charge is -2.13. The summed E-state index contributed by atoms with van der Waals surface area (Å²) in [5, 5.41) is 9.47. The Hall–Kier alpha value is -0.520. The van der Waals surface area contributed by atoms with Gasteiger partial charge in [-0.25, -0.2) is 0 Å². The summed E-state index contributed by atoms with van der Waals surface area (Å²) >= 11 is 0. The van der Waals surface area contributed by atoms with Crippen LogP contribution in [0.4, 0.5) is 0 Å². The molecule has 0 rings (SSSR count). The second-order valence-corrected chi connectivity index (χ2v) is 4.67. The normalized spacial score (nSPS) is 13.8. The molecule has 0 saturated heterocycles. The van der Waals surface area contributed by atoms with Crippen LogP contribution >= 0.6 is 0 Å². The topological polar surface area (TPSA) is 23.5 Å². The van der Waals surface area contributed by atoms with Crippen LogP contribution in [0, 0.1) is 17.3 Å². The summed E-state index contributed by atoms with van der Waals surface area (Å²) in [4.78, 5) is 1.96. The van der Waals surface area contributed by atoms with Crippen LogP contribution in [-0.4, -0.2) is 36.8 Å². The second-order valence-electron chi connectivity index (χ2n) is 4.67. The van der Waals surface area contributed by atoms with E-state index in [9.17, 15) is 5.11 Å². The van der Waals surface area contributed by atoms with Crippen LogP contribution in [0.15, 0.2) is 0 Å². The minimum absolute atomic E-state index is 0.0395. The lowest BCUT2D eigenvalue weighted by molar-refractivity contribution is 0.141. The first-order valence-corrected chi connectivity index (χ1v) is 4.64. The predicted octanol–water partition coefficient (Wildman–Crippen LogP) is 1.35. The molecular weight excluding hydrogens is 162 g/mol. The van der Waals surface area contributed by atoms with E-state index in [1.807, 2.05) is 19.0 Å². The maximum atomic E-state index is 9.47. The van der Waals surface area contributed by atoms with Gasteiger partial charge >= 0.3 is 0 Å². The zero-order valence-corrected chi connectivity index (χ0v) is 9.39. The monoisotopic (exact) mass is 183 g/mol. The van der Waals surface area contributed by atoms with E-state index < -0.39 is 0 Å². The van der Waals surface area contributed by atoms with E-state index in [0.717, 1.165) is 0 Å². The van der Waals surface area contributed by atoms with E-state index in [1.54, 1.807) is 0 Å². The van der Waals surface area contributed by atoms with E-state index >= 15 is 0 Å². The highest BCUT2D eigenvalue weighted by molar-refractivity contribution is 5.07. The van der Waals surface area contributed by atoms with Gasteiger partial charge in [-0.2, -0.15) is 0 Å². The highest BCUT2D eigenvalue weighted by atomic mass is 16.3. The van der Waals surface area contributed by atoms with Crippen LogP contribution in [0.2, 0.25) is 0 Å². The number of likely N-dealkylation sites (N-methyl/N-ethyl adjacent to an activating group) is 1. The van der Waals surface area contributed by atoms with Crippen molar-refractivity contribution in [3.63, 3.8) is 0 Å². The average molecular weight is 183 g/mol. The van der Waals surface area contributed by atoms with Gasteiger partial charge in [-0.3, -0.25) is 0 Å². The van der Waals surface area contributed by atoms with E-state index in [0.29, 0.717) is 13.0 Å². The molecule has 0 aliphatic carbocycles. The van der Waals surface area contributed by atoms with Crippen molar-refractivity contribution >= 4 is 0 Å². The molecule has 0 fully saturated rings. The number of aliphatic hydroxyl groups is 1. The zero-order valence-electron chi connectivity index (χ0n) is 9.39. The number of aliphatic hydroxyl groups excluding tert-OH is 1. The smallest absolute Gasteiger partial charge is 0.0775 e. The molecule has 1 atom stereocenters. The van der Waals surface area contributed by atoms with Gasteiger partial charge in [0.2, 0.25) is 0 Å². The fourth-order valence-corrected chi connectivity index (χ4v) is 0.920.